The maximum atomic E-state index is 12.3. The summed E-state index contributed by atoms with van der Waals surface area (Å²) in [6.45, 7) is 10.4. The number of nitrogens with two attached hydrogens (primary N) is 1. The SMILES string of the molecule is CC(C)(C)OC(=O)C[C@H](N)C(=O)Nc1ccccc1C(=O)OC(C)(C)C. The van der Waals surface area contributed by atoms with Gasteiger partial charge in [-0.15, -0.1) is 0 Å². The van der Waals surface area contributed by atoms with Crippen LogP contribution in [0.25, 0.3) is 0 Å². The highest BCUT2D eigenvalue weighted by atomic mass is 16.6. The number of carbonyl (C=O) groups is 3. The lowest BCUT2D eigenvalue weighted by Crippen LogP contribution is -2.39. The highest BCUT2D eigenvalue weighted by Gasteiger charge is 2.25. The quantitative estimate of drug-likeness (QED) is 0.778. The van der Waals surface area contributed by atoms with Crippen molar-refractivity contribution in [2.24, 2.45) is 5.73 Å². The number of anilines is 1. The number of amides is 1. The Bertz CT molecular complexity index is 671. The highest BCUT2D eigenvalue weighted by Crippen LogP contribution is 2.20. The number of para-hydroxylation sites is 1. The number of ether oxygens (including phenoxy) is 2. The monoisotopic (exact) mass is 364 g/mol. The molecule has 0 saturated heterocycles. The van der Waals surface area contributed by atoms with Crippen molar-refractivity contribution in [3.05, 3.63) is 29.8 Å². The zero-order valence-electron chi connectivity index (χ0n) is 16.2. The van der Waals surface area contributed by atoms with Crippen molar-refractivity contribution in [3.63, 3.8) is 0 Å². The van der Waals surface area contributed by atoms with Gasteiger partial charge in [-0.2, -0.15) is 0 Å². The van der Waals surface area contributed by atoms with Crippen LogP contribution in [0.5, 0.6) is 0 Å². The van der Waals surface area contributed by atoms with E-state index in [2.05, 4.69) is 5.32 Å². The molecule has 3 N–H and O–H groups in total. The van der Waals surface area contributed by atoms with Crippen LogP contribution in [0.2, 0.25) is 0 Å². The van der Waals surface area contributed by atoms with E-state index in [1.807, 2.05) is 0 Å². The van der Waals surface area contributed by atoms with Gasteiger partial charge in [-0.25, -0.2) is 4.79 Å². The third-order valence-corrected chi connectivity index (χ3v) is 2.95. The van der Waals surface area contributed by atoms with Gasteiger partial charge in [-0.1, -0.05) is 12.1 Å². The molecule has 0 unspecified atom stereocenters. The van der Waals surface area contributed by atoms with Crippen LogP contribution in [-0.2, 0) is 19.1 Å². The van der Waals surface area contributed by atoms with Crippen LogP contribution in [0.4, 0.5) is 5.69 Å². The Kier molecular flexibility index (Phi) is 6.92. The average molecular weight is 364 g/mol. The standard InChI is InChI=1S/C19H28N2O5/c1-18(2,3)25-15(22)11-13(20)16(23)21-14-10-8-7-9-12(14)17(24)26-19(4,5)6/h7-10,13H,11,20H2,1-6H3,(H,21,23)/t13-/m0/s1. The van der Waals surface area contributed by atoms with Gasteiger partial charge in [-0.3, -0.25) is 9.59 Å². The minimum absolute atomic E-state index is 0.209. The summed E-state index contributed by atoms with van der Waals surface area (Å²) in [5.74, 6) is -1.72. The lowest BCUT2D eigenvalue weighted by molar-refractivity contribution is -0.155. The third-order valence-electron chi connectivity index (χ3n) is 2.95. The molecule has 7 nitrogen and oxygen atoms in total. The van der Waals surface area contributed by atoms with Crippen LogP contribution in [0, 0.1) is 0 Å². The lowest BCUT2D eigenvalue weighted by Gasteiger charge is -2.22. The molecule has 1 rings (SSSR count). The maximum absolute atomic E-state index is 12.3. The first-order chi connectivity index (χ1) is 11.8. The Hall–Kier alpha value is -2.41. The molecule has 0 spiro atoms. The van der Waals surface area contributed by atoms with Gasteiger partial charge in [0.2, 0.25) is 5.91 Å². The molecule has 7 heteroatoms. The fourth-order valence-corrected chi connectivity index (χ4v) is 1.98. The summed E-state index contributed by atoms with van der Waals surface area (Å²) in [7, 11) is 0. The fourth-order valence-electron chi connectivity index (χ4n) is 1.98. The number of benzene rings is 1. The molecule has 1 aromatic rings. The second-order valence-corrected chi connectivity index (χ2v) is 7.93. The van der Waals surface area contributed by atoms with Crippen LogP contribution in [-0.4, -0.2) is 35.1 Å². The largest absolute Gasteiger partial charge is 0.460 e. The van der Waals surface area contributed by atoms with Crippen molar-refractivity contribution >= 4 is 23.5 Å². The second kappa shape index (κ2) is 8.31. The van der Waals surface area contributed by atoms with Gasteiger partial charge >= 0.3 is 11.9 Å². The summed E-state index contributed by atoms with van der Waals surface area (Å²) in [4.78, 5) is 36.4. The van der Waals surface area contributed by atoms with Crippen molar-refractivity contribution in [1.29, 1.82) is 0 Å². The number of rotatable bonds is 5. The maximum Gasteiger partial charge on any atom is 0.340 e. The Morgan fingerprint density at radius 1 is 1.00 bits per heavy atom. The molecule has 0 aliphatic heterocycles. The fraction of sp³-hybridized carbons (Fsp3) is 0.526. The van der Waals surface area contributed by atoms with E-state index in [9.17, 15) is 14.4 Å². The first-order valence-electron chi connectivity index (χ1n) is 8.39. The number of esters is 2. The van der Waals surface area contributed by atoms with E-state index in [4.69, 9.17) is 15.2 Å². The molecule has 0 radical (unpaired) electrons. The molecule has 0 heterocycles. The van der Waals surface area contributed by atoms with Gasteiger partial charge in [-0.05, 0) is 53.7 Å². The van der Waals surface area contributed by atoms with Crippen molar-refractivity contribution in [2.75, 3.05) is 5.32 Å². The van der Waals surface area contributed by atoms with E-state index in [0.717, 1.165) is 0 Å². The van der Waals surface area contributed by atoms with Crippen LogP contribution in [0.15, 0.2) is 24.3 Å². The van der Waals surface area contributed by atoms with Crippen molar-refractivity contribution in [3.8, 4) is 0 Å². The molecular weight excluding hydrogens is 336 g/mol. The van der Waals surface area contributed by atoms with Gasteiger partial charge in [0.25, 0.3) is 0 Å². The Labute approximate surface area is 154 Å². The highest BCUT2D eigenvalue weighted by molar-refractivity contribution is 6.03. The van der Waals surface area contributed by atoms with Crippen LogP contribution in [0.3, 0.4) is 0 Å². The van der Waals surface area contributed by atoms with E-state index in [0.29, 0.717) is 0 Å². The Balaban J connectivity index is 2.81. The molecule has 0 bridgehead atoms. The normalized spacial score (nSPS) is 12.9. The number of hydrogen-bond acceptors (Lipinski definition) is 6. The van der Waals surface area contributed by atoms with Crippen LogP contribution >= 0.6 is 0 Å². The minimum Gasteiger partial charge on any atom is -0.460 e. The van der Waals surface area contributed by atoms with Gasteiger partial charge in [0.05, 0.1) is 23.7 Å². The van der Waals surface area contributed by atoms with E-state index in [1.165, 1.54) is 0 Å². The third kappa shape index (κ3) is 7.65. The summed E-state index contributed by atoms with van der Waals surface area (Å²) >= 11 is 0. The summed E-state index contributed by atoms with van der Waals surface area (Å²) in [5.41, 5.74) is 4.94. The predicted molar refractivity (Wildman–Crippen MR) is 98.7 cm³/mol. The minimum atomic E-state index is -1.10. The topological polar surface area (TPSA) is 108 Å². The molecule has 1 aromatic carbocycles. The predicted octanol–water partition coefficient (Wildman–Crippen LogP) is 2.64. The van der Waals surface area contributed by atoms with E-state index < -0.39 is 35.1 Å². The zero-order chi connectivity index (χ0) is 20.1. The first-order valence-corrected chi connectivity index (χ1v) is 8.39. The van der Waals surface area contributed by atoms with Crippen molar-refractivity contribution in [1.82, 2.24) is 0 Å². The second-order valence-electron chi connectivity index (χ2n) is 7.93. The van der Waals surface area contributed by atoms with Gasteiger partial charge in [0.1, 0.15) is 11.2 Å². The summed E-state index contributed by atoms with van der Waals surface area (Å²) in [6, 6.07) is 5.34. The van der Waals surface area contributed by atoms with Crippen LogP contribution < -0.4 is 11.1 Å². The van der Waals surface area contributed by atoms with Gasteiger partial charge in [0.15, 0.2) is 0 Å². The van der Waals surface area contributed by atoms with E-state index in [-0.39, 0.29) is 17.7 Å². The van der Waals surface area contributed by atoms with E-state index >= 15 is 0 Å². The molecule has 0 saturated carbocycles. The summed E-state index contributed by atoms with van der Waals surface area (Å²) in [5, 5.41) is 2.57. The number of carbonyl (C=O) groups excluding carboxylic acids is 3. The number of hydrogen-bond donors (Lipinski definition) is 2. The lowest BCUT2D eigenvalue weighted by atomic mass is 10.1. The molecule has 26 heavy (non-hydrogen) atoms. The molecule has 0 aromatic heterocycles. The first kappa shape index (κ1) is 21.6. The van der Waals surface area contributed by atoms with Crippen LogP contribution in [0.1, 0.15) is 58.3 Å². The smallest absolute Gasteiger partial charge is 0.340 e. The van der Waals surface area contributed by atoms with Gasteiger partial charge < -0.3 is 20.5 Å². The zero-order valence-corrected chi connectivity index (χ0v) is 16.2. The van der Waals surface area contributed by atoms with Crippen molar-refractivity contribution in [2.45, 2.75) is 65.2 Å². The van der Waals surface area contributed by atoms with Crippen molar-refractivity contribution < 1.29 is 23.9 Å². The average Bonchev–Trinajstić information content (AvgIpc) is 2.43. The molecule has 0 fully saturated rings. The molecule has 1 amide bonds. The van der Waals surface area contributed by atoms with Gasteiger partial charge in [0, 0.05) is 0 Å². The summed E-state index contributed by atoms with van der Waals surface area (Å²) < 4.78 is 10.5. The molecule has 0 aliphatic rings. The molecule has 144 valence electrons. The Morgan fingerprint density at radius 3 is 2.08 bits per heavy atom. The molecule has 0 aliphatic carbocycles. The molecular formula is C19H28N2O5. The molecule has 1 atom stereocenters. The number of nitrogens with one attached hydrogen (secondary N) is 1. The Morgan fingerprint density at radius 2 is 1.54 bits per heavy atom. The van der Waals surface area contributed by atoms with E-state index in [1.54, 1.807) is 65.8 Å². The summed E-state index contributed by atoms with van der Waals surface area (Å²) in [6.07, 6.45) is -0.266.